The third-order valence-corrected chi connectivity index (χ3v) is 2.72. The van der Waals surface area contributed by atoms with Gasteiger partial charge in [-0.25, -0.2) is 0 Å². The number of aliphatic hydroxyl groups is 1. The van der Waals surface area contributed by atoms with Crippen LogP contribution in [0.25, 0.3) is 0 Å². The van der Waals surface area contributed by atoms with E-state index in [2.05, 4.69) is 31.1 Å². The lowest BCUT2D eigenvalue weighted by Gasteiger charge is -2.31. The summed E-state index contributed by atoms with van der Waals surface area (Å²) in [5.41, 5.74) is 1.19. The standard InChI is InChI=1S/C13H22N2O/c1-13(2,3)12(7-9-16)15-10-11-6-4-5-8-14-11/h4-6,8,12,15-16H,7,9-10H2,1-3H3. The van der Waals surface area contributed by atoms with Gasteiger partial charge in [-0.1, -0.05) is 26.8 Å². The van der Waals surface area contributed by atoms with Crippen molar-refractivity contribution in [1.82, 2.24) is 10.3 Å². The minimum Gasteiger partial charge on any atom is -0.396 e. The van der Waals surface area contributed by atoms with Crippen molar-refractivity contribution in [3.05, 3.63) is 30.1 Å². The average molecular weight is 222 g/mol. The van der Waals surface area contributed by atoms with Crippen LogP contribution in [0, 0.1) is 5.41 Å². The summed E-state index contributed by atoms with van der Waals surface area (Å²) >= 11 is 0. The van der Waals surface area contributed by atoms with E-state index in [0.29, 0.717) is 6.04 Å². The summed E-state index contributed by atoms with van der Waals surface area (Å²) in [6.45, 7) is 7.51. The molecule has 1 atom stereocenters. The first-order valence-electron chi connectivity index (χ1n) is 5.78. The zero-order valence-corrected chi connectivity index (χ0v) is 10.4. The number of pyridine rings is 1. The normalized spacial score (nSPS) is 13.8. The second-order valence-electron chi connectivity index (χ2n) is 5.13. The van der Waals surface area contributed by atoms with Gasteiger partial charge in [0.25, 0.3) is 0 Å². The van der Waals surface area contributed by atoms with Crippen LogP contribution in [0.3, 0.4) is 0 Å². The quantitative estimate of drug-likeness (QED) is 0.800. The zero-order chi connectivity index (χ0) is 12.0. The van der Waals surface area contributed by atoms with Crippen LogP contribution in [-0.4, -0.2) is 22.7 Å². The molecule has 0 saturated carbocycles. The Morgan fingerprint density at radius 2 is 2.12 bits per heavy atom. The molecule has 0 bridgehead atoms. The molecule has 0 aromatic carbocycles. The molecule has 1 unspecified atom stereocenters. The topological polar surface area (TPSA) is 45.1 Å². The Bertz CT molecular complexity index is 293. The van der Waals surface area contributed by atoms with Crippen molar-refractivity contribution < 1.29 is 5.11 Å². The summed E-state index contributed by atoms with van der Waals surface area (Å²) in [5, 5.41) is 12.5. The van der Waals surface area contributed by atoms with Gasteiger partial charge < -0.3 is 10.4 Å². The molecule has 0 fully saturated rings. The van der Waals surface area contributed by atoms with Gasteiger partial charge in [-0.05, 0) is 24.0 Å². The highest BCUT2D eigenvalue weighted by atomic mass is 16.3. The molecule has 0 saturated heterocycles. The van der Waals surface area contributed by atoms with Crippen LogP contribution in [0.4, 0.5) is 0 Å². The fourth-order valence-electron chi connectivity index (χ4n) is 1.70. The minimum absolute atomic E-state index is 0.150. The van der Waals surface area contributed by atoms with Crippen LogP contribution < -0.4 is 5.32 Å². The molecule has 1 aromatic heterocycles. The van der Waals surface area contributed by atoms with Crippen molar-refractivity contribution in [2.24, 2.45) is 5.41 Å². The zero-order valence-electron chi connectivity index (χ0n) is 10.4. The molecular formula is C13H22N2O. The van der Waals surface area contributed by atoms with Crippen LogP contribution >= 0.6 is 0 Å². The van der Waals surface area contributed by atoms with E-state index in [1.807, 2.05) is 18.2 Å². The Labute approximate surface area is 97.9 Å². The van der Waals surface area contributed by atoms with E-state index in [1.165, 1.54) is 0 Å². The van der Waals surface area contributed by atoms with E-state index in [-0.39, 0.29) is 12.0 Å². The Kier molecular flexibility index (Phi) is 4.90. The first kappa shape index (κ1) is 13.1. The molecule has 0 radical (unpaired) electrons. The fourth-order valence-corrected chi connectivity index (χ4v) is 1.70. The molecule has 0 aliphatic heterocycles. The van der Waals surface area contributed by atoms with Gasteiger partial charge in [0.05, 0.1) is 5.69 Å². The molecule has 0 aliphatic rings. The highest BCUT2D eigenvalue weighted by molar-refractivity contribution is 5.03. The number of nitrogens with zero attached hydrogens (tertiary/aromatic N) is 1. The van der Waals surface area contributed by atoms with Gasteiger partial charge in [-0.3, -0.25) is 4.98 Å². The molecule has 16 heavy (non-hydrogen) atoms. The van der Waals surface area contributed by atoms with Gasteiger partial charge in [0, 0.05) is 25.4 Å². The number of aliphatic hydroxyl groups excluding tert-OH is 1. The SMILES string of the molecule is CC(C)(C)C(CCO)NCc1ccccn1. The minimum atomic E-state index is 0.150. The van der Waals surface area contributed by atoms with Gasteiger partial charge in [0.1, 0.15) is 0 Å². The maximum atomic E-state index is 9.04. The molecule has 90 valence electrons. The lowest BCUT2D eigenvalue weighted by atomic mass is 9.85. The Morgan fingerprint density at radius 3 is 2.62 bits per heavy atom. The largest absolute Gasteiger partial charge is 0.396 e. The second kappa shape index (κ2) is 5.97. The van der Waals surface area contributed by atoms with Crippen molar-refractivity contribution >= 4 is 0 Å². The van der Waals surface area contributed by atoms with Crippen LogP contribution in [0.2, 0.25) is 0 Å². The number of rotatable bonds is 5. The number of nitrogens with one attached hydrogen (secondary N) is 1. The summed E-state index contributed by atoms with van der Waals surface area (Å²) < 4.78 is 0. The van der Waals surface area contributed by atoms with Gasteiger partial charge in [0.2, 0.25) is 0 Å². The number of hydrogen-bond donors (Lipinski definition) is 2. The Hall–Kier alpha value is -0.930. The van der Waals surface area contributed by atoms with Crippen molar-refractivity contribution in [1.29, 1.82) is 0 Å². The predicted molar refractivity (Wildman–Crippen MR) is 66.0 cm³/mol. The van der Waals surface area contributed by atoms with Gasteiger partial charge in [-0.15, -0.1) is 0 Å². The summed E-state index contributed by atoms with van der Waals surface area (Å²) in [5.74, 6) is 0. The average Bonchev–Trinajstić information content (AvgIpc) is 2.24. The summed E-state index contributed by atoms with van der Waals surface area (Å²) in [6.07, 6.45) is 2.57. The highest BCUT2D eigenvalue weighted by Gasteiger charge is 2.23. The summed E-state index contributed by atoms with van der Waals surface area (Å²) in [4.78, 5) is 4.27. The molecule has 0 aliphatic carbocycles. The molecule has 1 rings (SSSR count). The second-order valence-corrected chi connectivity index (χ2v) is 5.13. The van der Waals surface area contributed by atoms with E-state index in [4.69, 9.17) is 5.11 Å². The first-order valence-corrected chi connectivity index (χ1v) is 5.78. The smallest absolute Gasteiger partial charge is 0.0541 e. The lowest BCUT2D eigenvalue weighted by Crippen LogP contribution is -2.40. The first-order chi connectivity index (χ1) is 7.54. The van der Waals surface area contributed by atoms with Gasteiger partial charge in [0.15, 0.2) is 0 Å². The molecule has 0 amide bonds. The van der Waals surface area contributed by atoms with Crippen LogP contribution in [0.1, 0.15) is 32.9 Å². The van der Waals surface area contributed by atoms with Gasteiger partial charge >= 0.3 is 0 Å². The molecule has 1 heterocycles. The van der Waals surface area contributed by atoms with Crippen molar-refractivity contribution in [2.45, 2.75) is 39.8 Å². The van der Waals surface area contributed by atoms with E-state index < -0.39 is 0 Å². The summed E-state index contributed by atoms with van der Waals surface area (Å²) in [6, 6.07) is 6.21. The van der Waals surface area contributed by atoms with E-state index in [9.17, 15) is 0 Å². The van der Waals surface area contributed by atoms with Crippen LogP contribution in [-0.2, 0) is 6.54 Å². The highest BCUT2D eigenvalue weighted by Crippen LogP contribution is 2.21. The molecule has 2 N–H and O–H groups in total. The Balaban J connectivity index is 2.51. The van der Waals surface area contributed by atoms with E-state index >= 15 is 0 Å². The van der Waals surface area contributed by atoms with E-state index in [1.54, 1.807) is 6.20 Å². The predicted octanol–water partition coefficient (Wildman–Crippen LogP) is 1.97. The van der Waals surface area contributed by atoms with Crippen molar-refractivity contribution in [3.8, 4) is 0 Å². The van der Waals surface area contributed by atoms with E-state index in [0.717, 1.165) is 18.7 Å². The summed E-state index contributed by atoms with van der Waals surface area (Å²) in [7, 11) is 0. The Morgan fingerprint density at radius 1 is 1.38 bits per heavy atom. The number of hydrogen-bond acceptors (Lipinski definition) is 3. The van der Waals surface area contributed by atoms with Crippen molar-refractivity contribution in [2.75, 3.05) is 6.61 Å². The third kappa shape index (κ3) is 4.29. The van der Waals surface area contributed by atoms with Gasteiger partial charge in [-0.2, -0.15) is 0 Å². The maximum absolute atomic E-state index is 9.04. The fraction of sp³-hybridized carbons (Fsp3) is 0.615. The van der Waals surface area contributed by atoms with Crippen molar-refractivity contribution in [3.63, 3.8) is 0 Å². The number of aromatic nitrogens is 1. The monoisotopic (exact) mass is 222 g/mol. The van der Waals surface area contributed by atoms with Crippen LogP contribution in [0.5, 0.6) is 0 Å². The van der Waals surface area contributed by atoms with Crippen LogP contribution in [0.15, 0.2) is 24.4 Å². The maximum Gasteiger partial charge on any atom is 0.0541 e. The molecule has 3 heteroatoms. The third-order valence-electron chi connectivity index (χ3n) is 2.72. The molecular weight excluding hydrogens is 200 g/mol. The molecule has 1 aromatic rings. The molecule has 0 spiro atoms. The molecule has 3 nitrogen and oxygen atoms in total. The lowest BCUT2D eigenvalue weighted by molar-refractivity contribution is 0.196.